The minimum absolute atomic E-state index is 0.0815. The molecule has 156 valence electrons. The smallest absolute Gasteiger partial charge is 0.329 e. The first-order valence-electron chi connectivity index (χ1n) is 10.4. The van der Waals surface area contributed by atoms with Crippen LogP contribution in [-0.4, -0.2) is 29.8 Å². The molecule has 2 bridgehead atoms. The lowest BCUT2D eigenvalue weighted by atomic mass is 9.57. The molecular weight excluding hydrogens is 373 g/mol. The Balaban J connectivity index is 1.75. The zero-order valence-electron chi connectivity index (χ0n) is 17.7. The van der Waals surface area contributed by atoms with E-state index in [1.165, 1.54) is 12.1 Å². The molecule has 0 N–H and O–H groups in total. The zero-order chi connectivity index (χ0) is 21.0. The summed E-state index contributed by atoms with van der Waals surface area (Å²) < 4.78 is 25.4. The van der Waals surface area contributed by atoms with E-state index in [4.69, 9.17) is 9.47 Å². The highest BCUT2D eigenvalue weighted by Gasteiger charge is 2.72. The largest absolute Gasteiger partial charge is 0.422 e. The maximum atomic E-state index is 14.1. The van der Waals surface area contributed by atoms with Crippen molar-refractivity contribution < 1.29 is 23.5 Å². The molecule has 5 rings (SSSR count). The normalized spacial score (nSPS) is 35.6. The Bertz CT molecular complexity index is 919. The number of esters is 2. The molecule has 3 fully saturated rings. The number of benzene rings is 1. The second kappa shape index (κ2) is 5.32. The molecule has 4 aliphatic rings. The van der Waals surface area contributed by atoms with Crippen LogP contribution in [0.15, 0.2) is 18.2 Å². The van der Waals surface area contributed by atoms with Crippen LogP contribution >= 0.6 is 0 Å². The van der Waals surface area contributed by atoms with Crippen molar-refractivity contribution in [3.8, 4) is 0 Å². The van der Waals surface area contributed by atoms with Crippen LogP contribution in [0.3, 0.4) is 0 Å². The number of hydrogen-bond donors (Lipinski definition) is 0. The summed E-state index contributed by atoms with van der Waals surface area (Å²) in [5.74, 6) is -2.75. The SMILES string of the molecule is CC1(C)C[C@@H]2C[C@@](C)(C1)[C@@H]1N2c2ccc(F)cc2CC12C(=O)OC(C)(C)OC2=O. The Morgan fingerprint density at radius 1 is 1.03 bits per heavy atom. The Morgan fingerprint density at radius 2 is 1.69 bits per heavy atom. The number of hydrogen-bond acceptors (Lipinski definition) is 5. The van der Waals surface area contributed by atoms with Crippen molar-refractivity contribution in [2.75, 3.05) is 4.90 Å². The van der Waals surface area contributed by atoms with Gasteiger partial charge in [-0.1, -0.05) is 20.8 Å². The second-order valence-corrected chi connectivity index (χ2v) is 11.0. The van der Waals surface area contributed by atoms with E-state index in [9.17, 15) is 14.0 Å². The highest BCUT2D eigenvalue weighted by atomic mass is 19.1. The van der Waals surface area contributed by atoms with E-state index < -0.39 is 23.1 Å². The molecule has 1 spiro atoms. The number of carbonyl (C=O) groups is 2. The lowest BCUT2D eigenvalue weighted by Crippen LogP contribution is -2.67. The molecule has 0 unspecified atom stereocenters. The van der Waals surface area contributed by atoms with Crippen molar-refractivity contribution in [1.29, 1.82) is 0 Å². The van der Waals surface area contributed by atoms with Gasteiger partial charge in [-0.25, -0.2) is 4.39 Å². The third-order valence-corrected chi connectivity index (χ3v) is 7.37. The van der Waals surface area contributed by atoms with Crippen molar-refractivity contribution >= 4 is 17.6 Å². The van der Waals surface area contributed by atoms with Gasteiger partial charge in [-0.3, -0.25) is 9.59 Å². The number of halogens is 1. The van der Waals surface area contributed by atoms with Crippen LogP contribution in [-0.2, 0) is 25.5 Å². The summed E-state index contributed by atoms with van der Waals surface area (Å²) in [6.07, 6.45) is 2.86. The number of anilines is 1. The number of cyclic esters (lactones) is 2. The summed E-state index contributed by atoms with van der Waals surface area (Å²) in [4.78, 5) is 29.2. The molecule has 1 aliphatic carbocycles. The van der Waals surface area contributed by atoms with Crippen LogP contribution in [0.5, 0.6) is 0 Å². The third kappa shape index (κ3) is 2.44. The van der Waals surface area contributed by atoms with Gasteiger partial charge in [0.05, 0.1) is 6.04 Å². The Labute approximate surface area is 170 Å². The van der Waals surface area contributed by atoms with Crippen LogP contribution < -0.4 is 4.90 Å². The van der Waals surface area contributed by atoms with E-state index in [0.29, 0.717) is 5.56 Å². The monoisotopic (exact) mass is 401 g/mol. The molecule has 3 aliphatic heterocycles. The number of fused-ring (bicyclic) bond motifs is 8. The number of rotatable bonds is 0. The summed E-state index contributed by atoms with van der Waals surface area (Å²) in [7, 11) is 0. The molecule has 1 aromatic carbocycles. The van der Waals surface area contributed by atoms with Gasteiger partial charge in [0, 0.05) is 32.0 Å². The molecule has 3 heterocycles. The van der Waals surface area contributed by atoms with Crippen molar-refractivity contribution in [3.05, 3.63) is 29.6 Å². The van der Waals surface area contributed by atoms with E-state index >= 15 is 0 Å². The highest BCUT2D eigenvalue weighted by Crippen LogP contribution is 2.64. The molecular formula is C23H28FNO4. The zero-order valence-corrected chi connectivity index (χ0v) is 17.7. The molecule has 1 saturated carbocycles. The first-order valence-corrected chi connectivity index (χ1v) is 10.4. The van der Waals surface area contributed by atoms with Crippen molar-refractivity contribution in [3.63, 3.8) is 0 Å². The van der Waals surface area contributed by atoms with Gasteiger partial charge in [-0.05, 0) is 53.9 Å². The summed E-state index contributed by atoms with van der Waals surface area (Å²) in [5, 5.41) is 0. The van der Waals surface area contributed by atoms with Crippen molar-refractivity contribution in [1.82, 2.24) is 0 Å². The van der Waals surface area contributed by atoms with E-state index in [0.717, 1.165) is 24.9 Å². The summed E-state index contributed by atoms with van der Waals surface area (Å²) in [5.41, 5.74) is -0.0428. The average Bonchev–Trinajstić information content (AvgIpc) is 2.77. The Morgan fingerprint density at radius 3 is 2.34 bits per heavy atom. The number of ether oxygens (including phenoxy) is 2. The van der Waals surface area contributed by atoms with Gasteiger partial charge in [0.2, 0.25) is 0 Å². The van der Waals surface area contributed by atoms with E-state index in [-0.39, 0.29) is 35.2 Å². The van der Waals surface area contributed by atoms with Crippen LogP contribution in [0.1, 0.15) is 59.4 Å². The van der Waals surface area contributed by atoms with E-state index in [1.54, 1.807) is 19.9 Å². The Hall–Kier alpha value is -2.11. The molecule has 1 aromatic rings. The van der Waals surface area contributed by atoms with E-state index in [2.05, 4.69) is 25.7 Å². The summed E-state index contributed by atoms with van der Waals surface area (Å²) in [6.45, 7) is 9.81. The molecule has 0 amide bonds. The third-order valence-electron chi connectivity index (χ3n) is 7.37. The number of nitrogens with zero attached hydrogens (tertiary/aromatic N) is 1. The number of carbonyl (C=O) groups excluding carboxylic acids is 2. The van der Waals surface area contributed by atoms with Gasteiger partial charge in [0.1, 0.15) is 5.82 Å². The van der Waals surface area contributed by atoms with Gasteiger partial charge in [-0.2, -0.15) is 0 Å². The van der Waals surface area contributed by atoms with Crippen molar-refractivity contribution in [2.24, 2.45) is 16.2 Å². The minimum atomic E-state index is -1.47. The average molecular weight is 401 g/mol. The summed E-state index contributed by atoms with van der Waals surface area (Å²) >= 11 is 0. The first kappa shape index (κ1) is 18.9. The predicted octanol–water partition coefficient (Wildman–Crippen LogP) is 3.98. The lowest BCUT2D eigenvalue weighted by molar-refractivity contribution is -0.255. The van der Waals surface area contributed by atoms with E-state index in [1.807, 2.05) is 0 Å². The fraction of sp³-hybridized carbons (Fsp3) is 0.652. The molecule has 2 saturated heterocycles. The molecule has 29 heavy (non-hydrogen) atoms. The second-order valence-electron chi connectivity index (χ2n) is 11.0. The maximum absolute atomic E-state index is 14.1. The maximum Gasteiger partial charge on any atom is 0.329 e. The molecule has 0 aromatic heterocycles. The first-order chi connectivity index (χ1) is 13.4. The quantitative estimate of drug-likeness (QED) is 0.486. The van der Waals surface area contributed by atoms with Gasteiger partial charge in [0.15, 0.2) is 5.41 Å². The fourth-order valence-corrected chi connectivity index (χ4v) is 7.05. The van der Waals surface area contributed by atoms with Gasteiger partial charge in [-0.15, -0.1) is 0 Å². The van der Waals surface area contributed by atoms with Crippen LogP contribution in [0.25, 0.3) is 0 Å². The highest BCUT2D eigenvalue weighted by molar-refractivity contribution is 6.04. The molecule has 5 nitrogen and oxygen atoms in total. The predicted molar refractivity (Wildman–Crippen MR) is 105 cm³/mol. The van der Waals surface area contributed by atoms with Gasteiger partial charge in [0.25, 0.3) is 5.79 Å². The standard InChI is InChI=1S/C23H28FNO4/c1-20(2)10-15-11-22(5,12-20)17-23(18(26)28-21(3,4)29-19(23)27)9-13-8-14(24)6-7-16(13)25(15)17/h6-8,15,17H,9-12H2,1-5H3/t15-,17+,22+/m1/s1. The Kier molecular flexibility index (Phi) is 3.47. The fourth-order valence-electron chi connectivity index (χ4n) is 7.05. The molecule has 0 radical (unpaired) electrons. The molecule has 3 atom stereocenters. The summed E-state index contributed by atoms with van der Waals surface area (Å²) in [6, 6.07) is 4.53. The topological polar surface area (TPSA) is 55.8 Å². The molecule has 6 heteroatoms. The van der Waals surface area contributed by atoms with Gasteiger partial charge < -0.3 is 14.4 Å². The van der Waals surface area contributed by atoms with Crippen LogP contribution in [0.4, 0.5) is 10.1 Å². The lowest BCUT2D eigenvalue weighted by Gasteiger charge is -2.53. The van der Waals surface area contributed by atoms with Crippen LogP contribution in [0, 0.1) is 22.1 Å². The minimum Gasteiger partial charge on any atom is -0.422 e. The van der Waals surface area contributed by atoms with Gasteiger partial charge >= 0.3 is 11.9 Å². The van der Waals surface area contributed by atoms with Crippen molar-refractivity contribution in [2.45, 2.75) is 78.2 Å². The van der Waals surface area contributed by atoms with Crippen LogP contribution in [0.2, 0.25) is 0 Å².